The molecule has 1 aromatic rings. The van der Waals surface area contributed by atoms with Crippen LogP contribution in [0.4, 0.5) is 0 Å². The predicted molar refractivity (Wildman–Crippen MR) is 71.7 cm³/mol. The summed E-state index contributed by atoms with van der Waals surface area (Å²) in [6.45, 7) is 9.55. The molecule has 0 bridgehead atoms. The van der Waals surface area contributed by atoms with Crippen molar-refractivity contribution in [3.8, 4) is 5.75 Å². The van der Waals surface area contributed by atoms with E-state index in [1.54, 1.807) is 0 Å². The molecule has 0 radical (unpaired) electrons. The van der Waals surface area contributed by atoms with Gasteiger partial charge in [-0.25, -0.2) is 0 Å². The van der Waals surface area contributed by atoms with Crippen LogP contribution in [0, 0.1) is 13.8 Å². The van der Waals surface area contributed by atoms with Gasteiger partial charge >= 0.3 is 0 Å². The first kappa shape index (κ1) is 12.4. The Labute approximate surface area is 104 Å². The summed E-state index contributed by atoms with van der Waals surface area (Å²) < 4.78 is 5.91. The van der Waals surface area contributed by atoms with Crippen molar-refractivity contribution in [2.45, 2.75) is 52.6 Å². The topological polar surface area (TPSA) is 21.3 Å². The molecule has 0 aliphatic carbocycles. The van der Waals surface area contributed by atoms with Crippen LogP contribution in [0.1, 0.15) is 49.4 Å². The molecular weight excluding hydrogens is 210 g/mol. The maximum Gasteiger partial charge on any atom is 0.126 e. The van der Waals surface area contributed by atoms with Gasteiger partial charge in [0.15, 0.2) is 0 Å². The molecule has 0 amide bonds. The van der Waals surface area contributed by atoms with Crippen LogP contribution in [-0.2, 0) is 0 Å². The Hall–Kier alpha value is -1.02. The van der Waals surface area contributed by atoms with Crippen LogP contribution in [0.2, 0.25) is 0 Å². The zero-order valence-corrected chi connectivity index (χ0v) is 11.3. The molecule has 1 aromatic carbocycles. The Kier molecular flexibility index (Phi) is 3.72. The molecule has 1 aliphatic heterocycles. The van der Waals surface area contributed by atoms with E-state index in [9.17, 15) is 0 Å². The second-order valence-electron chi connectivity index (χ2n) is 5.36. The van der Waals surface area contributed by atoms with E-state index in [2.05, 4.69) is 45.1 Å². The number of hydrogen-bond donors (Lipinski definition) is 1. The summed E-state index contributed by atoms with van der Waals surface area (Å²) in [5.41, 5.74) is 3.92. The Balaban J connectivity index is 2.40. The molecule has 2 rings (SSSR count). The summed E-state index contributed by atoms with van der Waals surface area (Å²) in [5, 5.41) is 3.65. The third-order valence-electron chi connectivity index (χ3n) is 3.24. The minimum Gasteiger partial charge on any atom is -0.493 e. The summed E-state index contributed by atoms with van der Waals surface area (Å²) in [4.78, 5) is 0. The molecule has 0 aromatic heterocycles. The number of nitrogens with one attached hydrogen (secondary N) is 1. The van der Waals surface area contributed by atoms with Gasteiger partial charge in [0.2, 0.25) is 0 Å². The molecule has 2 heteroatoms. The molecule has 1 atom stereocenters. The van der Waals surface area contributed by atoms with E-state index in [1.165, 1.54) is 16.7 Å². The van der Waals surface area contributed by atoms with Gasteiger partial charge in [0, 0.05) is 17.6 Å². The van der Waals surface area contributed by atoms with E-state index in [0.717, 1.165) is 25.2 Å². The van der Waals surface area contributed by atoms with Crippen molar-refractivity contribution in [1.29, 1.82) is 0 Å². The predicted octanol–water partition coefficient (Wildman–Crippen LogP) is 3.52. The standard InChI is InChI=1S/C15H23NO/c1-10(2)16-14-6-5-7-17-15-12(4)8-11(3)9-13(14)15/h8-10,14,16H,5-7H2,1-4H3. The van der Waals surface area contributed by atoms with Crippen molar-refractivity contribution in [1.82, 2.24) is 5.32 Å². The average molecular weight is 233 g/mol. The first-order chi connectivity index (χ1) is 8.08. The minimum absolute atomic E-state index is 0.436. The first-order valence-corrected chi connectivity index (χ1v) is 6.58. The number of rotatable bonds is 2. The monoisotopic (exact) mass is 233 g/mol. The zero-order chi connectivity index (χ0) is 12.4. The van der Waals surface area contributed by atoms with Crippen LogP contribution in [0.25, 0.3) is 0 Å². The van der Waals surface area contributed by atoms with E-state index in [4.69, 9.17) is 4.74 Å². The highest BCUT2D eigenvalue weighted by Gasteiger charge is 2.21. The number of aryl methyl sites for hydroxylation is 2. The first-order valence-electron chi connectivity index (χ1n) is 6.58. The van der Waals surface area contributed by atoms with Crippen LogP contribution in [-0.4, -0.2) is 12.6 Å². The van der Waals surface area contributed by atoms with Crippen molar-refractivity contribution in [3.05, 3.63) is 28.8 Å². The Morgan fingerprint density at radius 3 is 2.76 bits per heavy atom. The normalized spacial score (nSPS) is 19.7. The maximum atomic E-state index is 5.91. The number of fused-ring (bicyclic) bond motifs is 1. The van der Waals surface area contributed by atoms with E-state index < -0.39 is 0 Å². The zero-order valence-electron chi connectivity index (χ0n) is 11.3. The molecule has 2 nitrogen and oxygen atoms in total. The Bertz CT molecular complexity index is 398. The lowest BCUT2D eigenvalue weighted by Crippen LogP contribution is -2.28. The molecule has 0 saturated carbocycles. The number of hydrogen-bond acceptors (Lipinski definition) is 2. The van der Waals surface area contributed by atoms with Gasteiger partial charge < -0.3 is 10.1 Å². The van der Waals surface area contributed by atoms with Crippen molar-refractivity contribution in [2.75, 3.05) is 6.61 Å². The molecule has 0 saturated heterocycles. The molecule has 0 spiro atoms. The highest BCUT2D eigenvalue weighted by molar-refractivity contribution is 5.46. The van der Waals surface area contributed by atoms with Gasteiger partial charge in [0.1, 0.15) is 5.75 Å². The highest BCUT2D eigenvalue weighted by atomic mass is 16.5. The van der Waals surface area contributed by atoms with E-state index in [1.807, 2.05) is 0 Å². The lowest BCUT2D eigenvalue weighted by Gasteiger charge is -2.22. The van der Waals surface area contributed by atoms with E-state index in [0.29, 0.717) is 12.1 Å². The largest absolute Gasteiger partial charge is 0.493 e. The molecule has 94 valence electrons. The second kappa shape index (κ2) is 5.09. The molecule has 1 heterocycles. The second-order valence-corrected chi connectivity index (χ2v) is 5.36. The fourth-order valence-electron chi connectivity index (χ4n) is 2.64. The third kappa shape index (κ3) is 2.81. The van der Waals surface area contributed by atoms with Crippen molar-refractivity contribution in [3.63, 3.8) is 0 Å². The quantitative estimate of drug-likeness (QED) is 0.844. The smallest absolute Gasteiger partial charge is 0.126 e. The number of ether oxygens (including phenoxy) is 1. The van der Waals surface area contributed by atoms with Gasteiger partial charge in [0.05, 0.1) is 6.61 Å². The summed E-state index contributed by atoms with van der Waals surface area (Å²) >= 11 is 0. The molecular formula is C15H23NO. The van der Waals surface area contributed by atoms with Gasteiger partial charge in [-0.1, -0.05) is 31.5 Å². The Morgan fingerprint density at radius 1 is 1.29 bits per heavy atom. The maximum absolute atomic E-state index is 5.91. The minimum atomic E-state index is 0.436. The van der Waals surface area contributed by atoms with Gasteiger partial charge in [-0.15, -0.1) is 0 Å². The molecule has 17 heavy (non-hydrogen) atoms. The van der Waals surface area contributed by atoms with Gasteiger partial charge in [-0.05, 0) is 32.3 Å². The average Bonchev–Trinajstić information content (AvgIpc) is 2.41. The van der Waals surface area contributed by atoms with Crippen LogP contribution in [0.3, 0.4) is 0 Å². The van der Waals surface area contributed by atoms with Crippen molar-refractivity contribution < 1.29 is 4.74 Å². The lowest BCUT2D eigenvalue weighted by molar-refractivity contribution is 0.312. The van der Waals surface area contributed by atoms with Crippen LogP contribution in [0.5, 0.6) is 5.75 Å². The lowest BCUT2D eigenvalue weighted by atomic mass is 9.97. The summed E-state index contributed by atoms with van der Waals surface area (Å²) in [7, 11) is 0. The van der Waals surface area contributed by atoms with Gasteiger partial charge in [0.25, 0.3) is 0 Å². The number of benzene rings is 1. The van der Waals surface area contributed by atoms with Gasteiger partial charge in [-0.2, -0.15) is 0 Å². The van der Waals surface area contributed by atoms with Crippen molar-refractivity contribution in [2.24, 2.45) is 0 Å². The van der Waals surface area contributed by atoms with E-state index in [-0.39, 0.29) is 0 Å². The van der Waals surface area contributed by atoms with Crippen molar-refractivity contribution >= 4 is 0 Å². The fourth-order valence-corrected chi connectivity index (χ4v) is 2.64. The fraction of sp³-hybridized carbons (Fsp3) is 0.600. The molecule has 1 aliphatic rings. The van der Waals surface area contributed by atoms with Crippen LogP contribution in [0.15, 0.2) is 12.1 Å². The SMILES string of the molecule is Cc1cc(C)c2c(c1)C(NC(C)C)CCCO2. The Morgan fingerprint density at radius 2 is 2.06 bits per heavy atom. The van der Waals surface area contributed by atoms with E-state index >= 15 is 0 Å². The molecule has 0 fully saturated rings. The van der Waals surface area contributed by atoms with Crippen LogP contribution >= 0.6 is 0 Å². The summed E-state index contributed by atoms with van der Waals surface area (Å²) in [6.07, 6.45) is 2.28. The van der Waals surface area contributed by atoms with Gasteiger partial charge in [-0.3, -0.25) is 0 Å². The summed E-state index contributed by atoms with van der Waals surface area (Å²) in [6, 6.07) is 5.42. The molecule has 1 N–H and O–H groups in total. The highest BCUT2D eigenvalue weighted by Crippen LogP contribution is 2.35. The van der Waals surface area contributed by atoms with Crippen LogP contribution < -0.4 is 10.1 Å². The third-order valence-corrected chi connectivity index (χ3v) is 3.24. The molecule has 1 unspecified atom stereocenters. The summed E-state index contributed by atoms with van der Waals surface area (Å²) in [5.74, 6) is 1.10.